The van der Waals surface area contributed by atoms with Crippen LogP contribution in [-0.2, 0) is 30.8 Å². The second-order valence-electron chi connectivity index (χ2n) is 7.48. The molecule has 0 radical (unpaired) electrons. The van der Waals surface area contributed by atoms with Gasteiger partial charge in [-0.3, -0.25) is 19.1 Å². The van der Waals surface area contributed by atoms with Gasteiger partial charge in [0.2, 0.25) is 5.91 Å². The van der Waals surface area contributed by atoms with Gasteiger partial charge in [0.25, 0.3) is 5.56 Å². The third kappa shape index (κ3) is 4.86. The van der Waals surface area contributed by atoms with Crippen LogP contribution in [0.15, 0.2) is 84.2 Å². The van der Waals surface area contributed by atoms with Crippen LogP contribution in [0.3, 0.4) is 0 Å². The quantitative estimate of drug-likeness (QED) is 0.465. The second kappa shape index (κ2) is 9.34. The zero-order valence-electron chi connectivity index (χ0n) is 17.4. The molecule has 0 atom stereocenters. The van der Waals surface area contributed by atoms with Crippen LogP contribution in [-0.4, -0.2) is 25.3 Å². The summed E-state index contributed by atoms with van der Waals surface area (Å²) in [5.74, 6) is -0.150. The Hall–Kier alpha value is -3.80. The fourth-order valence-corrected chi connectivity index (χ4v) is 3.51. The minimum Gasteiger partial charge on any atom is -0.332 e. The molecule has 6 nitrogen and oxygen atoms in total. The molecule has 0 N–H and O–H groups in total. The highest BCUT2D eigenvalue weighted by Gasteiger charge is 2.17. The monoisotopic (exact) mass is 412 g/mol. The maximum atomic E-state index is 13.3. The average molecular weight is 412 g/mol. The standard InChI is InChI=1S/C25H24N4O2/c1-2-19-9-11-20(12-10-19)15-28(16-21-6-5-13-26-14-21)24(30)17-29-18-27-23-8-4-3-7-22(23)25(29)31/h3-14,18H,2,15-17H2,1H3. The van der Waals surface area contributed by atoms with Gasteiger partial charge >= 0.3 is 0 Å². The highest BCUT2D eigenvalue weighted by molar-refractivity contribution is 5.79. The molecule has 0 saturated heterocycles. The maximum absolute atomic E-state index is 13.3. The number of fused-ring (bicyclic) bond motifs is 1. The first kappa shape index (κ1) is 20.5. The van der Waals surface area contributed by atoms with Gasteiger partial charge in [-0.1, -0.05) is 49.4 Å². The molecule has 2 heterocycles. The topological polar surface area (TPSA) is 68.1 Å². The Morgan fingerprint density at radius 1 is 0.935 bits per heavy atom. The van der Waals surface area contributed by atoms with Crippen LogP contribution in [0.1, 0.15) is 23.6 Å². The van der Waals surface area contributed by atoms with E-state index in [0.29, 0.717) is 24.0 Å². The molecule has 2 aromatic carbocycles. The molecule has 0 aliphatic carbocycles. The Morgan fingerprint density at radius 2 is 1.68 bits per heavy atom. The summed E-state index contributed by atoms with van der Waals surface area (Å²) in [6, 6.07) is 19.2. The number of hydrogen-bond acceptors (Lipinski definition) is 4. The number of nitrogens with zero attached hydrogens (tertiary/aromatic N) is 4. The normalized spacial score (nSPS) is 10.9. The molecule has 0 spiro atoms. The predicted octanol–water partition coefficient (Wildman–Crippen LogP) is 3.58. The smallest absolute Gasteiger partial charge is 0.261 e. The van der Waals surface area contributed by atoms with Gasteiger partial charge in [-0.05, 0) is 41.3 Å². The number of aromatic nitrogens is 3. The molecule has 1 amide bonds. The van der Waals surface area contributed by atoms with Crippen LogP contribution in [0.2, 0.25) is 0 Å². The summed E-state index contributed by atoms with van der Waals surface area (Å²) < 4.78 is 1.38. The van der Waals surface area contributed by atoms with E-state index in [4.69, 9.17) is 0 Å². The molecule has 0 unspecified atom stereocenters. The summed E-state index contributed by atoms with van der Waals surface area (Å²) in [6.07, 6.45) is 5.88. The fraction of sp³-hybridized carbons (Fsp3) is 0.200. The summed E-state index contributed by atoms with van der Waals surface area (Å²) in [7, 11) is 0. The Balaban J connectivity index is 1.59. The molecule has 0 fully saturated rings. The molecule has 6 heteroatoms. The van der Waals surface area contributed by atoms with E-state index in [1.807, 2.05) is 30.3 Å². The molecule has 4 rings (SSSR count). The Bertz CT molecular complexity index is 1230. The van der Waals surface area contributed by atoms with Crippen molar-refractivity contribution in [2.75, 3.05) is 0 Å². The van der Waals surface area contributed by atoms with E-state index in [9.17, 15) is 9.59 Å². The average Bonchev–Trinajstić information content (AvgIpc) is 2.82. The summed E-state index contributed by atoms with van der Waals surface area (Å²) in [6.45, 7) is 2.91. The number of aryl methyl sites for hydroxylation is 1. The lowest BCUT2D eigenvalue weighted by atomic mass is 10.1. The van der Waals surface area contributed by atoms with Gasteiger partial charge in [0, 0.05) is 25.5 Å². The largest absolute Gasteiger partial charge is 0.332 e. The first-order valence-corrected chi connectivity index (χ1v) is 10.3. The SMILES string of the molecule is CCc1ccc(CN(Cc2cccnc2)C(=O)Cn2cnc3ccccc3c2=O)cc1. The van der Waals surface area contributed by atoms with Crippen LogP contribution in [0.25, 0.3) is 10.9 Å². The Morgan fingerprint density at radius 3 is 2.42 bits per heavy atom. The van der Waals surface area contributed by atoms with E-state index in [-0.39, 0.29) is 18.0 Å². The van der Waals surface area contributed by atoms with Gasteiger partial charge in [0.1, 0.15) is 6.54 Å². The molecular formula is C25H24N4O2. The van der Waals surface area contributed by atoms with Crippen molar-refractivity contribution in [2.24, 2.45) is 0 Å². The van der Waals surface area contributed by atoms with E-state index >= 15 is 0 Å². The van der Waals surface area contributed by atoms with Crippen LogP contribution < -0.4 is 5.56 Å². The van der Waals surface area contributed by atoms with Crippen LogP contribution >= 0.6 is 0 Å². The lowest BCUT2D eigenvalue weighted by Crippen LogP contribution is -2.36. The molecule has 4 aromatic rings. The van der Waals surface area contributed by atoms with Crippen LogP contribution in [0.5, 0.6) is 0 Å². The van der Waals surface area contributed by atoms with Gasteiger partial charge in [0.15, 0.2) is 0 Å². The first-order valence-electron chi connectivity index (χ1n) is 10.3. The molecule has 156 valence electrons. The highest BCUT2D eigenvalue weighted by atomic mass is 16.2. The molecule has 0 aliphatic rings. The molecule has 31 heavy (non-hydrogen) atoms. The molecular weight excluding hydrogens is 388 g/mol. The summed E-state index contributed by atoms with van der Waals surface area (Å²) in [4.78, 5) is 36.3. The summed E-state index contributed by atoms with van der Waals surface area (Å²) in [5, 5.41) is 0.506. The van der Waals surface area contributed by atoms with Crippen molar-refractivity contribution in [2.45, 2.75) is 33.0 Å². The van der Waals surface area contributed by atoms with Crippen molar-refractivity contribution < 1.29 is 4.79 Å². The maximum Gasteiger partial charge on any atom is 0.261 e. The van der Waals surface area contributed by atoms with Crippen LogP contribution in [0.4, 0.5) is 0 Å². The molecule has 2 aromatic heterocycles. The van der Waals surface area contributed by atoms with Crippen molar-refractivity contribution in [3.8, 4) is 0 Å². The third-order valence-electron chi connectivity index (χ3n) is 5.29. The van der Waals surface area contributed by atoms with Gasteiger partial charge in [-0.2, -0.15) is 0 Å². The van der Waals surface area contributed by atoms with Gasteiger partial charge in [-0.15, -0.1) is 0 Å². The number of amides is 1. The van der Waals surface area contributed by atoms with Crippen LogP contribution in [0, 0.1) is 0 Å². The molecule has 0 aliphatic heterocycles. The van der Waals surface area contributed by atoms with Crippen molar-refractivity contribution in [1.82, 2.24) is 19.4 Å². The number of hydrogen-bond donors (Lipinski definition) is 0. The predicted molar refractivity (Wildman–Crippen MR) is 120 cm³/mol. The van der Waals surface area contributed by atoms with Gasteiger partial charge < -0.3 is 4.90 Å². The summed E-state index contributed by atoms with van der Waals surface area (Å²) >= 11 is 0. The zero-order valence-corrected chi connectivity index (χ0v) is 17.4. The molecule has 0 saturated carbocycles. The summed E-state index contributed by atoms with van der Waals surface area (Å²) in [5.41, 5.74) is 3.64. The van der Waals surface area contributed by atoms with E-state index in [2.05, 4.69) is 29.0 Å². The minimum atomic E-state index is -0.215. The van der Waals surface area contributed by atoms with E-state index in [1.165, 1.54) is 16.5 Å². The number of rotatable bonds is 7. The van der Waals surface area contributed by atoms with Crippen molar-refractivity contribution in [1.29, 1.82) is 0 Å². The minimum absolute atomic E-state index is 0.0655. The third-order valence-corrected chi connectivity index (χ3v) is 5.29. The van der Waals surface area contributed by atoms with Crippen molar-refractivity contribution in [3.05, 3.63) is 106 Å². The van der Waals surface area contributed by atoms with E-state index in [0.717, 1.165) is 17.5 Å². The van der Waals surface area contributed by atoms with E-state index in [1.54, 1.807) is 35.5 Å². The lowest BCUT2D eigenvalue weighted by Gasteiger charge is -2.23. The first-order chi connectivity index (χ1) is 15.1. The van der Waals surface area contributed by atoms with Crippen molar-refractivity contribution in [3.63, 3.8) is 0 Å². The number of benzene rings is 2. The molecule has 0 bridgehead atoms. The van der Waals surface area contributed by atoms with E-state index < -0.39 is 0 Å². The second-order valence-corrected chi connectivity index (χ2v) is 7.48. The highest BCUT2D eigenvalue weighted by Crippen LogP contribution is 2.13. The lowest BCUT2D eigenvalue weighted by molar-refractivity contribution is -0.133. The number of para-hydroxylation sites is 1. The Labute approximate surface area is 180 Å². The van der Waals surface area contributed by atoms with Gasteiger partial charge in [0.05, 0.1) is 17.2 Å². The number of carbonyl (C=O) groups is 1. The Kier molecular flexibility index (Phi) is 6.17. The number of carbonyl (C=O) groups excluding carboxylic acids is 1. The zero-order chi connectivity index (χ0) is 21.6. The number of pyridine rings is 1. The van der Waals surface area contributed by atoms with Gasteiger partial charge in [-0.25, -0.2) is 4.98 Å². The fourth-order valence-electron chi connectivity index (χ4n) is 3.51. The van der Waals surface area contributed by atoms with Crippen molar-refractivity contribution >= 4 is 16.8 Å².